The fourth-order valence-electron chi connectivity index (χ4n) is 1.52. The summed E-state index contributed by atoms with van der Waals surface area (Å²) in [5.74, 6) is -0.638. The Hall–Kier alpha value is -1.36. The van der Waals surface area contributed by atoms with Gasteiger partial charge in [0.15, 0.2) is 0 Å². The van der Waals surface area contributed by atoms with Crippen LogP contribution in [0.2, 0.25) is 0 Å². The maximum Gasteiger partial charge on any atom is 0.328 e. The Bertz CT molecular complexity index is 460. The molecule has 0 radical (unpaired) electrons. The van der Waals surface area contributed by atoms with Gasteiger partial charge in [-0.15, -0.1) is 11.3 Å². The van der Waals surface area contributed by atoms with E-state index in [0.717, 1.165) is 12.0 Å². The second kappa shape index (κ2) is 6.19. The number of carbonyl (C=O) groups is 2. The van der Waals surface area contributed by atoms with E-state index in [4.69, 9.17) is 4.74 Å². The molecule has 0 aliphatic heterocycles. The van der Waals surface area contributed by atoms with Crippen LogP contribution in [-0.2, 0) is 16.0 Å². The van der Waals surface area contributed by atoms with Crippen molar-refractivity contribution >= 4 is 23.2 Å². The molecule has 0 unspecified atom stereocenters. The van der Waals surface area contributed by atoms with Gasteiger partial charge in [0.2, 0.25) is 0 Å². The number of aryl methyl sites for hydroxylation is 1. The Balaban J connectivity index is 2.64. The molecule has 1 amide bonds. The summed E-state index contributed by atoms with van der Waals surface area (Å²) in [7, 11) is 0. The van der Waals surface area contributed by atoms with Crippen LogP contribution in [0.1, 0.15) is 49.9 Å². The van der Waals surface area contributed by atoms with Gasteiger partial charge in [-0.05, 0) is 51.1 Å². The lowest BCUT2D eigenvalue weighted by atomic mass is 10.2. The highest BCUT2D eigenvalue weighted by atomic mass is 32.1. The van der Waals surface area contributed by atoms with Crippen molar-refractivity contribution in [3.05, 3.63) is 21.9 Å². The van der Waals surface area contributed by atoms with Gasteiger partial charge in [-0.25, -0.2) is 4.79 Å². The third-order valence-corrected chi connectivity index (χ3v) is 3.40. The number of ether oxygens (including phenoxy) is 1. The standard InChI is InChI=1S/C14H21NO3S/c1-6-10-7-8-19-11(10)12(16)15-9(2)13(17)18-14(3,4)5/h7-9H,6H2,1-5H3,(H,15,16)/t9-/m0/s1. The molecule has 0 aliphatic carbocycles. The Kier molecular flexibility index (Phi) is 5.11. The molecule has 0 aliphatic rings. The second-order valence-electron chi connectivity index (χ2n) is 5.36. The highest BCUT2D eigenvalue weighted by Crippen LogP contribution is 2.17. The van der Waals surface area contributed by atoms with Crippen LogP contribution >= 0.6 is 11.3 Å². The van der Waals surface area contributed by atoms with E-state index in [2.05, 4.69) is 5.32 Å². The van der Waals surface area contributed by atoms with Crippen molar-refractivity contribution in [3.8, 4) is 0 Å². The molecule has 0 fully saturated rings. The van der Waals surface area contributed by atoms with Gasteiger partial charge in [0.25, 0.3) is 5.91 Å². The van der Waals surface area contributed by atoms with E-state index in [1.54, 1.807) is 27.7 Å². The molecule has 1 atom stereocenters. The molecule has 1 heterocycles. The number of nitrogens with one attached hydrogen (secondary N) is 1. The minimum atomic E-state index is -0.654. The predicted molar refractivity (Wildman–Crippen MR) is 76.5 cm³/mol. The van der Waals surface area contributed by atoms with Crippen molar-refractivity contribution < 1.29 is 14.3 Å². The number of thiophene rings is 1. The van der Waals surface area contributed by atoms with Crippen molar-refractivity contribution in [3.63, 3.8) is 0 Å². The van der Waals surface area contributed by atoms with Gasteiger partial charge in [-0.2, -0.15) is 0 Å². The number of amides is 1. The van der Waals surface area contributed by atoms with Gasteiger partial charge < -0.3 is 10.1 Å². The summed E-state index contributed by atoms with van der Waals surface area (Å²) in [4.78, 5) is 24.5. The third kappa shape index (κ3) is 4.67. The van der Waals surface area contributed by atoms with Gasteiger partial charge >= 0.3 is 5.97 Å². The van der Waals surface area contributed by atoms with Crippen molar-refractivity contribution in [2.24, 2.45) is 0 Å². The lowest BCUT2D eigenvalue weighted by Crippen LogP contribution is -2.42. The Morgan fingerprint density at radius 2 is 2.05 bits per heavy atom. The highest BCUT2D eigenvalue weighted by molar-refractivity contribution is 7.12. The molecule has 0 aromatic carbocycles. The quantitative estimate of drug-likeness (QED) is 0.864. The molecule has 0 saturated carbocycles. The van der Waals surface area contributed by atoms with Gasteiger partial charge in [-0.3, -0.25) is 4.79 Å². The van der Waals surface area contributed by atoms with E-state index in [1.165, 1.54) is 11.3 Å². The smallest absolute Gasteiger partial charge is 0.328 e. The first-order valence-corrected chi connectivity index (χ1v) is 7.22. The molecule has 1 N–H and O–H groups in total. The van der Waals surface area contributed by atoms with Crippen molar-refractivity contribution in [2.75, 3.05) is 0 Å². The summed E-state index contributed by atoms with van der Waals surface area (Å²) in [5, 5.41) is 4.56. The second-order valence-corrected chi connectivity index (χ2v) is 6.27. The summed E-state index contributed by atoms with van der Waals surface area (Å²) in [6.45, 7) is 9.02. The van der Waals surface area contributed by atoms with E-state index in [0.29, 0.717) is 4.88 Å². The molecule has 0 spiro atoms. The first-order chi connectivity index (χ1) is 8.74. The molecule has 1 rings (SSSR count). The summed E-state index contributed by atoms with van der Waals surface area (Å²) in [5.41, 5.74) is 0.451. The van der Waals surface area contributed by atoms with Crippen LogP contribution in [0.15, 0.2) is 11.4 Å². The molecule has 4 nitrogen and oxygen atoms in total. The van der Waals surface area contributed by atoms with E-state index in [1.807, 2.05) is 18.4 Å². The monoisotopic (exact) mass is 283 g/mol. The number of esters is 1. The van der Waals surface area contributed by atoms with Crippen LogP contribution in [0.25, 0.3) is 0 Å². The summed E-state index contributed by atoms with van der Waals surface area (Å²) < 4.78 is 5.22. The van der Waals surface area contributed by atoms with Gasteiger partial charge in [0.05, 0.1) is 4.88 Å². The molecular weight excluding hydrogens is 262 g/mol. The molecule has 0 bridgehead atoms. The minimum absolute atomic E-state index is 0.217. The third-order valence-electron chi connectivity index (χ3n) is 2.44. The van der Waals surface area contributed by atoms with E-state index in [-0.39, 0.29) is 5.91 Å². The first-order valence-electron chi connectivity index (χ1n) is 6.34. The summed E-state index contributed by atoms with van der Waals surface area (Å²) >= 11 is 1.38. The van der Waals surface area contributed by atoms with Crippen LogP contribution in [0.4, 0.5) is 0 Å². The van der Waals surface area contributed by atoms with Crippen LogP contribution < -0.4 is 5.32 Å². The van der Waals surface area contributed by atoms with Gasteiger partial charge in [0.1, 0.15) is 11.6 Å². The zero-order valence-electron chi connectivity index (χ0n) is 12.1. The van der Waals surface area contributed by atoms with E-state index < -0.39 is 17.6 Å². The van der Waals surface area contributed by atoms with E-state index >= 15 is 0 Å². The maximum absolute atomic E-state index is 12.1. The zero-order valence-corrected chi connectivity index (χ0v) is 12.9. The van der Waals surface area contributed by atoms with Crippen LogP contribution in [0.5, 0.6) is 0 Å². The Labute approximate surface area is 118 Å². The molecule has 19 heavy (non-hydrogen) atoms. The fraction of sp³-hybridized carbons (Fsp3) is 0.571. The Morgan fingerprint density at radius 1 is 1.42 bits per heavy atom. The number of hydrogen-bond donors (Lipinski definition) is 1. The highest BCUT2D eigenvalue weighted by Gasteiger charge is 2.24. The van der Waals surface area contributed by atoms with Crippen molar-refractivity contribution in [2.45, 2.75) is 52.7 Å². The number of rotatable bonds is 4. The summed E-state index contributed by atoms with van der Waals surface area (Å²) in [6.07, 6.45) is 0.799. The lowest BCUT2D eigenvalue weighted by molar-refractivity contribution is -0.156. The fourth-order valence-corrected chi connectivity index (χ4v) is 2.42. The van der Waals surface area contributed by atoms with Crippen LogP contribution in [0, 0.1) is 0 Å². The Morgan fingerprint density at radius 3 is 2.58 bits per heavy atom. The number of carbonyl (C=O) groups excluding carboxylic acids is 2. The molecule has 0 saturated heterocycles. The lowest BCUT2D eigenvalue weighted by Gasteiger charge is -2.22. The normalized spacial score (nSPS) is 12.9. The van der Waals surface area contributed by atoms with Crippen molar-refractivity contribution in [1.82, 2.24) is 5.32 Å². The van der Waals surface area contributed by atoms with Gasteiger partial charge in [-0.1, -0.05) is 6.92 Å². The molecule has 1 aromatic heterocycles. The topological polar surface area (TPSA) is 55.4 Å². The number of hydrogen-bond acceptors (Lipinski definition) is 4. The van der Waals surface area contributed by atoms with Gasteiger partial charge in [0, 0.05) is 0 Å². The average molecular weight is 283 g/mol. The van der Waals surface area contributed by atoms with Crippen LogP contribution in [-0.4, -0.2) is 23.5 Å². The zero-order chi connectivity index (χ0) is 14.6. The molecule has 5 heteroatoms. The average Bonchev–Trinajstić information content (AvgIpc) is 2.74. The van der Waals surface area contributed by atoms with E-state index in [9.17, 15) is 9.59 Å². The largest absolute Gasteiger partial charge is 0.458 e. The SMILES string of the molecule is CCc1ccsc1C(=O)N[C@@H](C)C(=O)OC(C)(C)C. The maximum atomic E-state index is 12.1. The first kappa shape index (κ1) is 15.7. The molecular formula is C14H21NO3S. The minimum Gasteiger partial charge on any atom is -0.458 e. The van der Waals surface area contributed by atoms with Crippen molar-refractivity contribution in [1.29, 1.82) is 0 Å². The summed E-state index contributed by atoms with van der Waals surface area (Å²) in [6, 6.07) is 1.27. The van der Waals surface area contributed by atoms with Crippen LogP contribution in [0.3, 0.4) is 0 Å². The predicted octanol–water partition coefficient (Wildman–Crippen LogP) is 2.77. The molecule has 1 aromatic rings. The molecule has 106 valence electrons.